The summed E-state index contributed by atoms with van der Waals surface area (Å²) in [5.41, 5.74) is 0.958. The van der Waals surface area contributed by atoms with Crippen molar-refractivity contribution in [2.24, 2.45) is 0 Å². The van der Waals surface area contributed by atoms with E-state index >= 15 is 0 Å². The van der Waals surface area contributed by atoms with Gasteiger partial charge in [-0.25, -0.2) is 0 Å². The third-order valence-electron chi connectivity index (χ3n) is 4.31. The third-order valence-corrected chi connectivity index (χ3v) is 4.31. The van der Waals surface area contributed by atoms with Gasteiger partial charge in [0.25, 0.3) is 0 Å². The highest BCUT2D eigenvalue weighted by Gasteiger charge is 2.34. The first-order valence-electron chi connectivity index (χ1n) is 7.43. The largest absolute Gasteiger partial charge is 0.298 e. The van der Waals surface area contributed by atoms with Gasteiger partial charge in [0.1, 0.15) is 0 Å². The molecule has 2 rings (SSSR count). The van der Waals surface area contributed by atoms with Crippen LogP contribution in [0.3, 0.4) is 0 Å². The summed E-state index contributed by atoms with van der Waals surface area (Å²) in [6.45, 7) is 6.32. The maximum Gasteiger partial charge on any atom is 0.152 e. The number of carbonyl (C=O) groups is 1. The number of nitrogens with zero attached hydrogens (tertiary/aromatic N) is 1. The van der Waals surface area contributed by atoms with Gasteiger partial charge in [0, 0.05) is 6.42 Å². The number of carbonyl (C=O) groups excluding carboxylic acids is 1. The Balaban J connectivity index is 1.90. The first kappa shape index (κ1) is 14.3. The van der Waals surface area contributed by atoms with Gasteiger partial charge >= 0.3 is 0 Å². The molecule has 0 spiro atoms. The van der Waals surface area contributed by atoms with Crippen molar-refractivity contribution in [3.63, 3.8) is 0 Å². The summed E-state index contributed by atoms with van der Waals surface area (Å²) in [5.74, 6) is 0.373. The molecule has 0 radical (unpaired) electrons. The van der Waals surface area contributed by atoms with Gasteiger partial charge in [0.05, 0.1) is 5.54 Å². The van der Waals surface area contributed by atoms with Crippen molar-refractivity contribution in [2.75, 3.05) is 13.1 Å². The van der Waals surface area contributed by atoms with Crippen LogP contribution < -0.4 is 0 Å². The van der Waals surface area contributed by atoms with Crippen LogP contribution in [0.4, 0.5) is 0 Å². The predicted molar refractivity (Wildman–Crippen MR) is 79.3 cm³/mol. The molecule has 0 aliphatic carbocycles. The molecule has 0 atom stereocenters. The zero-order valence-corrected chi connectivity index (χ0v) is 12.2. The van der Waals surface area contributed by atoms with Gasteiger partial charge < -0.3 is 0 Å². The Hall–Kier alpha value is -1.15. The van der Waals surface area contributed by atoms with Gasteiger partial charge in [-0.05, 0) is 51.8 Å². The molecule has 1 saturated heterocycles. The van der Waals surface area contributed by atoms with E-state index < -0.39 is 0 Å². The Bertz CT molecular complexity index is 405. The molecular formula is C17H25NO. The molecule has 0 unspecified atom stereocenters. The van der Waals surface area contributed by atoms with Gasteiger partial charge in [-0.1, -0.05) is 36.8 Å². The van der Waals surface area contributed by atoms with Gasteiger partial charge in [-0.15, -0.1) is 0 Å². The van der Waals surface area contributed by atoms with Crippen LogP contribution in [-0.2, 0) is 11.2 Å². The van der Waals surface area contributed by atoms with Crippen molar-refractivity contribution < 1.29 is 4.79 Å². The lowest BCUT2D eigenvalue weighted by Crippen LogP contribution is -2.52. The Labute approximate surface area is 116 Å². The number of ketones is 1. The van der Waals surface area contributed by atoms with Gasteiger partial charge in [-0.2, -0.15) is 0 Å². The fourth-order valence-corrected chi connectivity index (χ4v) is 2.84. The normalized spacial score (nSPS) is 17.4. The number of benzene rings is 1. The predicted octanol–water partition coefficient (Wildman–Crippen LogP) is 3.45. The lowest BCUT2D eigenvalue weighted by atomic mass is 9.90. The molecule has 0 saturated carbocycles. The molecular weight excluding hydrogens is 234 g/mol. The average molecular weight is 259 g/mol. The third kappa shape index (κ3) is 3.66. The van der Waals surface area contributed by atoms with E-state index in [0.29, 0.717) is 12.2 Å². The minimum absolute atomic E-state index is 0.296. The van der Waals surface area contributed by atoms with E-state index in [1.807, 2.05) is 18.2 Å². The Morgan fingerprint density at radius 2 is 1.74 bits per heavy atom. The van der Waals surface area contributed by atoms with Crippen LogP contribution in [0.2, 0.25) is 0 Å². The first-order valence-corrected chi connectivity index (χ1v) is 7.43. The first-order chi connectivity index (χ1) is 9.10. The summed E-state index contributed by atoms with van der Waals surface area (Å²) in [6.07, 6.45) is 5.28. The smallest absolute Gasteiger partial charge is 0.152 e. The number of Topliss-reactive ketones (excluding diaryl/α,β-unsaturated/α-hetero) is 1. The summed E-state index contributed by atoms with van der Waals surface area (Å²) in [6, 6.07) is 10.3. The van der Waals surface area contributed by atoms with Gasteiger partial charge in [0.15, 0.2) is 5.78 Å². The molecule has 0 bridgehead atoms. The van der Waals surface area contributed by atoms with E-state index in [0.717, 1.165) is 19.5 Å². The van der Waals surface area contributed by atoms with E-state index in [2.05, 4.69) is 30.9 Å². The fourth-order valence-electron chi connectivity index (χ4n) is 2.84. The number of likely N-dealkylation sites (tertiary alicyclic amines) is 1. The maximum atomic E-state index is 12.5. The van der Waals surface area contributed by atoms with Crippen molar-refractivity contribution in [1.82, 2.24) is 4.90 Å². The summed E-state index contributed by atoms with van der Waals surface area (Å²) in [4.78, 5) is 14.9. The van der Waals surface area contributed by atoms with Crippen LogP contribution >= 0.6 is 0 Å². The SMILES string of the molecule is CC(C)(C(=O)CCc1ccccc1)N1CCCCC1. The van der Waals surface area contributed by atoms with Gasteiger partial charge in [-0.3, -0.25) is 9.69 Å². The van der Waals surface area contributed by atoms with E-state index in [9.17, 15) is 4.79 Å². The van der Waals surface area contributed by atoms with E-state index in [4.69, 9.17) is 0 Å². The number of hydrogen-bond acceptors (Lipinski definition) is 2. The molecule has 0 aromatic heterocycles. The fraction of sp³-hybridized carbons (Fsp3) is 0.588. The molecule has 0 N–H and O–H groups in total. The Morgan fingerprint density at radius 3 is 2.37 bits per heavy atom. The maximum absolute atomic E-state index is 12.5. The standard InChI is InChI=1S/C17H25NO/c1-17(2,18-13-7-4-8-14-18)16(19)12-11-15-9-5-3-6-10-15/h3,5-6,9-10H,4,7-8,11-14H2,1-2H3. The van der Waals surface area contributed by atoms with E-state index in [1.165, 1.54) is 24.8 Å². The van der Waals surface area contributed by atoms with Crippen LogP contribution in [0, 0.1) is 0 Å². The summed E-state index contributed by atoms with van der Waals surface area (Å²) in [7, 11) is 0. The number of piperidine rings is 1. The second-order valence-electron chi connectivity index (χ2n) is 6.02. The molecule has 104 valence electrons. The number of aryl methyl sites for hydroxylation is 1. The van der Waals surface area contributed by atoms with E-state index in [-0.39, 0.29) is 5.54 Å². The van der Waals surface area contributed by atoms with Crippen LogP contribution in [0.15, 0.2) is 30.3 Å². The van der Waals surface area contributed by atoms with Crippen molar-refractivity contribution in [1.29, 1.82) is 0 Å². The van der Waals surface area contributed by atoms with Crippen molar-refractivity contribution in [3.8, 4) is 0 Å². The monoisotopic (exact) mass is 259 g/mol. The zero-order valence-electron chi connectivity index (χ0n) is 12.2. The highest BCUT2D eigenvalue weighted by atomic mass is 16.1. The summed E-state index contributed by atoms with van der Waals surface area (Å²) < 4.78 is 0. The molecule has 0 amide bonds. The highest BCUT2D eigenvalue weighted by molar-refractivity contribution is 5.87. The number of hydrogen-bond donors (Lipinski definition) is 0. The molecule has 1 aliphatic rings. The zero-order chi connectivity index (χ0) is 13.7. The Morgan fingerprint density at radius 1 is 1.11 bits per heavy atom. The highest BCUT2D eigenvalue weighted by Crippen LogP contribution is 2.23. The quantitative estimate of drug-likeness (QED) is 0.807. The molecule has 1 aromatic carbocycles. The second-order valence-corrected chi connectivity index (χ2v) is 6.02. The lowest BCUT2D eigenvalue weighted by Gasteiger charge is -2.39. The molecule has 1 aliphatic heterocycles. The average Bonchev–Trinajstić information content (AvgIpc) is 2.46. The van der Waals surface area contributed by atoms with Crippen LogP contribution in [0.5, 0.6) is 0 Å². The van der Waals surface area contributed by atoms with Crippen LogP contribution in [0.25, 0.3) is 0 Å². The summed E-state index contributed by atoms with van der Waals surface area (Å²) >= 11 is 0. The van der Waals surface area contributed by atoms with Gasteiger partial charge in [0.2, 0.25) is 0 Å². The van der Waals surface area contributed by atoms with Crippen molar-refractivity contribution in [2.45, 2.75) is 51.5 Å². The van der Waals surface area contributed by atoms with Crippen molar-refractivity contribution >= 4 is 5.78 Å². The second kappa shape index (κ2) is 6.33. The molecule has 2 nitrogen and oxygen atoms in total. The molecule has 19 heavy (non-hydrogen) atoms. The molecule has 1 aromatic rings. The van der Waals surface area contributed by atoms with Crippen molar-refractivity contribution in [3.05, 3.63) is 35.9 Å². The molecule has 1 heterocycles. The lowest BCUT2D eigenvalue weighted by molar-refractivity contribution is -0.130. The molecule has 2 heteroatoms. The minimum atomic E-state index is -0.296. The van der Waals surface area contributed by atoms with E-state index in [1.54, 1.807) is 0 Å². The minimum Gasteiger partial charge on any atom is -0.298 e. The van der Waals surface area contributed by atoms with Crippen LogP contribution in [0.1, 0.15) is 45.1 Å². The Kier molecular flexibility index (Phi) is 4.76. The van der Waals surface area contributed by atoms with Crippen LogP contribution in [-0.4, -0.2) is 29.3 Å². The number of rotatable bonds is 5. The summed E-state index contributed by atoms with van der Waals surface area (Å²) in [5, 5.41) is 0. The molecule has 1 fully saturated rings. The topological polar surface area (TPSA) is 20.3 Å².